The highest BCUT2D eigenvalue weighted by atomic mass is 16.5. The van der Waals surface area contributed by atoms with Crippen LogP contribution in [0.4, 0.5) is 0 Å². The van der Waals surface area contributed by atoms with Crippen molar-refractivity contribution in [2.24, 2.45) is 5.73 Å². The number of carbonyl (C=O) groups is 2. The molecule has 0 amide bonds. The van der Waals surface area contributed by atoms with Crippen molar-refractivity contribution in [2.45, 2.75) is 45.8 Å². The predicted octanol–water partition coefficient (Wildman–Crippen LogP) is 1.44. The second-order valence-electron chi connectivity index (χ2n) is 3.92. The van der Waals surface area contributed by atoms with Crippen LogP contribution >= 0.6 is 0 Å². The second kappa shape index (κ2) is 9.40. The molecule has 0 aliphatic heterocycles. The molecule has 0 aromatic rings. The van der Waals surface area contributed by atoms with E-state index in [1.54, 1.807) is 6.08 Å². The maximum absolute atomic E-state index is 9.78. The first kappa shape index (κ1) is 16.3. The monoisotopic (exact) mass is 215 g/mol. The molecule has 0 saturated carbocycles. The Morgan fingerprint density at radius 1 is 1.33 bits per heavy atom. The Morgan fingerprint density at radius 3 is 2.07 bits per heavy atom. The third kappa shape index (κ3) is 19.3. The summed E-state index contributed by atoms with van der Waals surface area (Å²) < 4.78 is 4.55. The van der Waals surface area contributed by atoms with E-state index in [9.17, 15) is 9.59 Å². The summed E-state index contributed by atoms with van der Waals surface area (Å²) in [6, 6.07) is -0.0856. The van der Waals surface area contributed by atoms with Crippen molar-refractivity contribution in [3.63, 3.8) is 0 Å². The number of ether oxygens (including phenoxy) is 1. The van der Waals surface area contributed by atoms with E-state index in [2.05, 4.69) is 4.74 Å². The van der Waals surface area contributed by atoms with Gasteiger partial charge in [0.2, 0.25) is 0 Å². The van der Waals surface area contributed by atoms with Crippen LogP contribution in [-0.4, -0.2) is 24.4 Å². The minimum Gasteiger partial charge on any atom is -0.462 e. The molecule has 4 nitrogen and oxygen atoms in total. The normalized spacial score (nSPS) is 12.6. The molecule has 1 unspecified atom stereocenters. The van der Waals surface area contributed by atoms with Gasteiger partial charge in [-0.2, -0.15) is 0 Å². The van der Waals surface area contributed by atoms with E-state index >= 15 is 0 Å². The molecule has 0 bridgehead atoms. The van der Waals surface area contributed by atoms with Crippen molar-refractivity contribution in [3.05, 3.63) is 12.2 Å². The van der Waals surface area contributed by atoms with Gasteiger partial charge in [-0.3, -0.25) is 4.79 Å². The number of hydrogen-bond acceptors (Lipinski definition) is 4. The molecule has 2 N–H and O–H groups in total. The molecule has 0 radical (unpaired) electrons. The number of rotatable bonds is 4. The minimum atomic E-state index is -0.318. The molecule has 0 fully saturated rings. The fourth-order valence-electron chi connectivity index (χ4n) is 0.581. The lowest BCUT2D eigenvalue weighted by Gasteiger charge is -2.14. The number of allylic oxidation sites excluding steroid dienone is 1. The second-order valence-corrected chi connectivity index (χ2v) is 3.92. The molecule has 0 aliphatic rings. The van der Waals surface area contributed by atoms with Crippen molar-refractivity contribution in [1.82, 2.24) is 0 Å². The molecular weight excluding hydrogens is 194 g/mol. The van der Waals surface area contributed by atoms with E-state index in [4.69, 9.17) is 5.73 Å². The standard InChI is InChI=1S/C6H11NO.C5H10O2/c1-2-3-6(7)4-5-8;1-5(2,3)7-4-6/h2-3,5-6H,4,7H2,1H3;4H,1-3H3/b3-2+;. The highest BCUT2D eigenvalue weighted by Crippen LogP contribution is 2.02. The largest absolute Gasteiger partial charge is 0.462 e. The van der Waals surface area contributed by atoms with Crippen LogP contribution in [0, 0.1) is 0 Å². The molecule has 0 heterocycles. The zero-order valence-electron chi connectivity index (χ0n) is 9.90. The SMILES string of the molecule is C/C=C/C(N)CC=O.CC(C)(C)OC=O. The van der Waals surface area contributed by atoms with E-state index < -0.39 is 0 Å². The Kier molecular flexibility index (Phi) is 10.2. The Morgan fingerprint density at radius 2 is 1.87 bits per heavy atom. The molecule has 1 atom stereocenters. The molecule has 15 heavy (non-hydrogen) atoms. The first-order valence-corrected chi connectivity index (χ1v) is 4.81. The highest BCUT2D eigenvalue weighted by Gasteiger charge is 2.07. The van der Waals surface area contributed by atoms with Gasteiger partial charge in [0.05, 0.1) is 0 Å². The summed E-state index contributed by atoms with van der Waals surface area (Å²) in [5.74, 6) is 0. The summed E-state index contributed by atoms with van der Waals surface area (Å²) in [5, 5.41) is 0. The van der Waals surface area contributed by atoms with Gasteiger partial charge in [0.15, 0.2) is 0 Å². The van der Waals surface area contributed by atoms with Crippen molar-refractivity contribution in [2.75, 3.05) is 0 Å². The van der Waals surface area contributed by atoms with Gasteiger partial charge < -0.3 is 15.3 Å². The molecule has 4 heteroatoms. The highest BCUT2D eigenvalue weighted by molar-refractivity contribution is 5.50. The predicted molar refractivity (Wildman–Crippen MR) is 60.4 cm³/mol. The summed E-state index contributed by atoms with van der Waals surface area (Å²) in [7, 11) is 0. The number of nitrogens with two attached hydrogens (primary N) is 1. The lowest BCUT2D eigenvalue weighted by atomic mass is 10.2. The summed E-state index contributed by atoms with van der Waals surface area (Å²) in [4.78, 5) is 19.4. The van der Waals surface area contributed by atoms with Crippen LogP contribution in [0.5, 0.6) is 0 Å². The fraction of sp³-hybridized carbons (Fsp3) is 0.636. The van der Waals surface area contributed by atoms with Gasteiger partial charge in [0.25, 0.3) is 6.47 Å². The topological polar surface area (TPSA) is 69.4 Å². The molecule has 0 saturated heterocycles. The van der Waals surface area contributed by atoms with Crippen LogP contribution in [0.1, 0.15) is 34.1 Å². The smallest absolute Gasteiger partial charge is 0.293 e. The van der Waals surface area contributed by atoms with E-state index in [0.717, 1.165) is 6.29 Å². The van der Waals surface area contributed by atoms with E-state index in [-0.39, 0.29) is 11.6 Å². The maximum atomic E-state index is 9.78. The van der Waals surface area contributed by atoms with Crippen LogP contribution in [0.15, 0.2) is 12.2 Å². The molecule has 0 spiro atoms. The van der Waals surface area contributed by atoms with Gasteiger partial charge in [-0.25, -0.2) is 0 Å². The summed E-state index contributed by atoms with van der Waals surface area (Å²) in [6.45, 7) is 7.80. The maximum Gasteiger partial charge on any atom is 0.293 e. The quantitative estimate of drug-likeness (QED) is 0.569. The van der Waals surface area contributed by atoms with Gasteiger partial charge in [-0.15, -0.1) is 0 Å². The molecule has 0 aromatic carbocycles. The van der Waals surface area contributed by atoms with E-state index in [0.29, 0.717) is 12.9 Å². The van der Waals surface area contributed by atoms with E-state index in [1.807, 2.05) is 33.8 Å². The summed E-state index contributed by atoms with van der Waals surface area (Å²) >= 11 is 0. The van der Waals surface area contributed by atoms with Gasteiger partial charge in [0.1, 0.15) is 11.9 Å². The Hall–Kier alpha value is -1.16. The first-order chi connectivity index (χ1) is 6.87. The van der Waals surface area contributed by atoms with Gasteiger partial charge >= 0.3 is 0 Å². The van der Waals surface area contributed by atoms with Gasteiger partial charge in [-0.05, 0) is 27.7 Å². The zero-order valence-corrected chi connectivity index (χ0v) is 9.90. The third-order valence-electron chi connectivity index (χ3n) is 1.21. The van der Waals surface area contributed by atoms with Crippen LogP contribution in [0.2, 0.25) is 0 Å². The third-order valence-corrected chi connectivity index (χ3v) is 1.21. The Balaban J connectivity index is 0. The van der Waals surface area contributed by atoms with Gasteiger partial charge in [-0.1, -0.05) is 12.2 Å². The average molecular weight is 215 g/mol. The van der Waals surface area contributed by atoms with Crippen molar-refractivity contribution in [3.8, 4) is 0 Å². The summed E-state index contributed by atoms with van der Waals surface area (Å²) in [5.41, 5.74) is 5.06. The van der Waals surface area contributed by atoms with Crippen molar-refractivity contribution < 1.29 is 14.3 Å². The number of carbonyl (C=O) groups excluding carboxylic acids is 2. The average Bonchev–Trinajstić information content (AvgIpc) is 2.03. The Bertz CT molecular complexity index is 194. The fourth-order valence-corrected chi connectivity index (χ4v) is 0.581. The first-order valence-electron chi connectivity index (χ1n) is 4.81. The van der Waals surface area contributed by atoms with Crippen LogP contribution in [0.25, 0.3) is 0 Å². The van der Waals surface area contributed by atoms with E-state index in [1.165, 1.54) is 0 Å². The molecule has 88 valence electrons. The zero-order chi connectivity index (χ0) is 12.3. The molecule has 0 rings (SSSR count). The lowest BCUT2D eigenvalue weighted by Crippen LogP contribution is -2.17. The number of hydrogen-bond donors (Lipinski definition) is 1. The van der Waals surface area contributed by atoms with Crippen LogP contribution in [-0.2, 0) is 14.3 Å². The van der Waals surface area contributed by atoms with Crippen molar-refractivity contribution in [1.29, 1.82) is 0 Å². The number of aldehydes is 1. The van der Waals surface area contributed by atoms with Crippen molar-refractivity contribution >= 4 is 12.8 Å². The lowest BCUT2D eigenvalue weighted by molar-refractivity contribution is -0.138. The van der Waals surface area contributed by atoms with Crippen LogP contribution in [0.3, 0.4) is 0 Å². The summed E-state index contributed by atoms with van der Waals surface area (Å²) in [6.07, 6.45) is 4.89. The molecule has 0 aromatic heterocycles. The molecular formula is C11H21NO3. The van der Waals surface area contributed by atoms with Crippen LogP contribution < -0.4 is 5.73 Å². The minimum absolute atomic E-state index is 0.0856. The molecule has 0 aliphatic carbocycles. The van der Waals surface area contributed by atoms with Gasteiger partial charge in [0, 0.05) is 12.5 Å². The Labute approximate surface area is 91.5 Å².